The average Bonchev–Trinajstić information content (AvgIpc) is 3.49. The number of hydrogen-bond donors (Lipinski definition) is 0. The van der Waals surface area contributed by atoms with Gasteiger partial charge >= 0.3 is 0 Å². The topological polar surface area (TPSA) is 58.8 Å². The fraction of sp³-hybridized carbons (Fsp3) is 0.296. The Labute approximate surface area is 214 Å². The molecule has 1 aliphatic heterocycles. The van der Waals surface area contributed by atoms with Crippen LogP contribution in [-0.2, 0) is 4.74 Å². The molecule has 0 amide bonds. The first-order valence-corrected chi connectivity index (χ1v) is 12.8. The fourth-order valence-electron chi connectivity index (χ4n) is 4.46. The molecule has 3 heterocycles. The summed E-state index contributed by atoms with van der Waals surface area (Å²) < 4.78 is 27.3. The lowest BCUT2D eigenvalue weighted by Gasteiger charge is -2.35. The van der Waals surface area contributed by atoms with Crippen LogP contribution in [0.4, 0.5) is 10.1 Å². The van der Waals surface area contributed by atoms with E-state index in [9.17, 15) is 4.39 Å². The van der Waals surface area contributed by atoms with Crippen LogP contribution < -0.4 is 5.01 Å². The minimum absolute atomic E-state index is 0.237. The molecule has 5 rings (SSSR count). The van der Waals surface area contributed by atoms with Crippen LogP contribution >= 0.6 is 11.5 Å². The normalized spacial score (nSPS) is 15.7. The maximum Gasteiger partial charge on any atom is 0.123 e. The van der Waals surface area contributed by atoms with Crippen molar-refractivity contribution in [3.63, 3.8) is 0 Å². The zero-order valence-electron chi connectivity index (χ0n) is 20.3. The van der Waals surface area contributed by atoms with E-state index in [0.717, 1.165) is 71.0 Å². The number of rotatable bonds is 8. The molecule has 0 aliphatic carbocycles. The van der Waals surface area contributed by atoms with Crippen molar-refractivity contribution in [1.29, 1.82) is 0 Å². The molecule has 4 aromatic rings. The van der Waals surface area contributed by atoms with E-state index in [1.165, 1.54) is 23.7 Å². The van der Waals surface area contributed by atoms with Gasteiger partial charge in [-0.25, -0.2) is 14.4 Å². The molecule has 2 aromatic heterocycles. The Balaban J connectivity index is 1.36. The first-order chi connectivity index (χ1) is 17.6. The Bertz CT molecular complexity index is 1360. The molecule has 0 N–H and O–H groups in total. The summed E-state index contributed by atoms with van der Waals surface area (Å²) in [5.41, 5.74) is 4.11. The Morgan fingerprint density at radius 3 is 2.86 bits per heavy atom. The summed E-state index contributed by atoms with van der Waals surface area (Å²) in [5.74, 6) is 0.711. The van der Waals surface area contributed by atoms with Crippen LogP contribution in [0.1, 0.15) is 24.1 Å². The number of aromatic nitrogens is 3. The largest absolute Gasteiger partial charge is 0.496 e. The Morgan fingerprint density at radius 1 is 1.22 bits per heavy atom. The maximum absolute atomic E-state index is 13.5. The van der Waals surface area contributed by atoms with E-state index in [-0.39, 0.29) is 5.82 Å². The van der Waals surface area contributed by atoms with Crippen molar-refractivity contribution in [2.45, 2.75) is 19.8 Å². The van der Waals surface area contributed by atoms with Crippen molar-refractivity contribution in [3.8, 4) is 5.69 Å². The molecule has 0 radical (unpaired) electrons. The zero-order valence-corrected chi connectivity index (χ0v) is 21.1. The molecule has 0 atom stereocenters. The van der Waals surface area contributed by atoms with E-state index in [1.54, 1.807) is 0 Å². The van der Waals surface area contributed by atoms with Gasteiger partial charge in [0.1, 0.15) is 12.4 Å². The highest BCUT2D eigenvalue weighted by Gasteiger charge is 2.20. The van der Waals surface area contributed by atoms with Crippen molar-refractivity contribution in [2.24, 2.45) is 4.99 Å². The third-order valence-electron chi connectivity index (χ3n) is 6.25. The summed E-state index contributed by atoms with van der Waals surface area (Å²) in [4.78, 5) is 8.35. The van der Waals surface area contributed by atoms with Gasteiger partial charge in [-0.15, -0.1) is 0 Å². The Morgan fingerprint density at radius 2 is 2.08 bits per heavy atom. The Kier molecular flexibility index (Phi) is 7.39. The number of nitrogens with zero attached hydrogens (tertiary/aromatic N) is 6. The number of halogens is 1. The second-order valence-electron chi connectivity index (χ2n) is 8.73. The van der Waals surface area contributed by atoms with Crippen LogP contribution in [0.3, 0.4) is 0 Å². The monoisotopic (exact) mass is 504 g/mol. The quantitative estimate of drug-likeness (QED) is 0.234. The van der Waals surface area contributed by atoms with Gasteiger partial charge in [-0.2, -0.15) is 4.37 Å². The number of hydrazine groups is 1. The van der Waals surface area contributed by atoms with Gasteiger partial charge in [0.05, 0.1) is 40.4 Å². The molecule has 186 valence electrons. The third-order valence-corrected chi connectivity index (χ3v) is 7.07. The molecule has 0 unspecified atom stereocenters. The van der Waals surface area contributed by atoms with Crippen LogP contribution in [0.5, 0.6) is 0 Å². The van der Waals surface area contributed by atoms with E-state index >= 15 is 0 Å². The molecular weight excluding hydrogens is 475 g/mol. The second kappa shape index (κ2) is 11.0. The number of anilines is 1. The van der Waals surface area contributed by atoms with Crippen molar-refractivity contribution in [2.75, 3.05) is 37.8 Å². The van der Waals surface area contributed by atoms with E-state index in [4.69, 9.17) is 4.74 Å². The molecule has 1 saturated heterocycles. The van der Waals surface area contributed by atoms with Crippen molar-refractivity contribution in [1.82, 2.24) is 18.9 Å². The summed E-state index contributed by atoms with van der Waals surface area (Å²) in [6.07, 6.45) is 9.54. The molecule has 7 nitrogen and oxygen atoms in total. The van der Waals surface area contributed by atoms with Gasteiger partial charge in [0.15, 0.2) is 0 Å². The lowest BCUT2D eigenvalue weighted by molar-refractivity contribution is 0.188. The Hall–Kier alpha value is -3.56. The summed E-state index contributed by atoms with van der Waals surface area (Å²) in [6, 6.07) is 10.9. The summed E-state index contributed by atoms with van der Waals surface area (Å²) in [5, 5.41) is 5.59. The molecule has 0 saturated carbocycles. The van der Waals surface area contributed by atoms with Crippen molar-refractivity contribution in [3.05, 3.63) is 78.0 Å². The van der Waals surface area contributed by atoms with Gasteiger partial charge < -0.3 is 19.3 Å². The first-order valence-electron chi connectivity index (χ1n) is 12.0. The van der Waals surface area contributed by atoms with E-state index < -0.39 is 0 Å². The van der Waals surface area contributed by atoms with Gasteiger partial charge in [-0.05, 0) is 73.6 Å². The van der Waals surface area contributed by atoms with Crippen LogP contribution in [-0.4, -0.2) is 58.4 Å². The molecule has 0 spiro atoms. The van der Waals surface area contributed by atoms with Crippen LogP contribution in [0.25, 0.3) is 21.8 Å². The maximum atomic E-state index is 13.5. The predicted octanol–water partition coefficient (Wildman–Crippen LogP) is 5.51. The fourth-order valence-corrected chi connectivity index (χ4v) is 5.26. The average molecular weight is 505 g/mol. The van der Waals surface area contributed by atoms with Crippen LogP contribution in [0, 0.1) is 12.7 Å². The number of imidazole rings is 1. The second-order valence-corrected chi connectivity index (χ2v) is 9.53. The molecular formula is C27H29FN6OS. The summed E-state index contributed by atoms with van der Waals surface area (Å²) >= 11 is 1.49. The molecule has 2 aromatic carbocycles. The number of ether oxygens (including phenoxy) is 1. The summed E-state index contributed by atoms with van der Waals surface area (Å²) in [6.45, 7) is 9.15. The standard InChI is InChI=1S/C27H29FN6OS/c1-20-18-32(19-30-20)26-9-4-21(25-17-31-36-27(25)26)16-24-10-13-33(14-15-35-24)34(12-3-11-29-2)23-7-5-22(28)6-8-23/h4-9,16-19H,2-3,10-15H2,1H3/b24-16-. The van der Waals surface area contributed by atoms with E-state index in [2.05, 4.69) is 49.3 Å². The minimum atomic E-state index is -0.237. The SMILES string of the molecule is C=NCCCN(c1ccc(F)cc1)N1CCO/C(=C\c2ccc(-n3cnc(C)c3)c3sncc23)CC1. The molecule has 1 aliphatic rings. The van der Waals surface area contributed by atoms with Gasteiger partial charge in [-0.3, -0.25) is 0 Å². The molecule has 36 heavy (non-hydrogen) atoms. The number of benzene rings is 2. The lowest BCUT2D eigenvalue weighted by atomic mass is 10.1. The van der Waals surface area contributed by atoms with Crippen molar-refractivity contribution >= 4 is 40.1 Å². The van der Waals surface area contributed by atoms with E-state index in [0.29, 0.717) is 13.2 Å². The minimum Gasteiger partial charge on any atom is -0.496 e. The number of fused-ring (bicyclic) bond motifs is 1. The van der Waals surface area contributed by atoms with Gasteiger partial charge in [0, 0.05) is 43.8 Å². The highest BCUT2D eigenvalue weighted by molar-refractivity contribution is 7.13. The smallest absolute Gasteiger partial charge is 0.123 e. The summed E-state index contributed by atoms with van der Waals surface area (Å²) in [7, 11) is 0. The molecule has 9 heteroatoms. The van der Waals surface area contributed by atoms with Gasteiger partial charge in [0.2, 0.25) is 0 Å². The molecule has 0 bridgehead atoms. The number of aliphatic imine (C=N–C) groups is 1. The molecule has 1 fully saturated rings. The van der Waals surface area contributed by atoms with Crippen molar-refractivity contribution < 1.29 is 9.13 Å². The van der Waals surface area contributed by atoms with E-state index in [1.807, 2.05) is 42.3 Å². The highest BCUT2D eigenvalue weighted by Crippen LogP contribution is 2.31. The van der Waals surface area contributed by atoms with Crippen LogP contribution in [0.2, 0.25) is 0 Å². The van der Waals surface area contributed by atoms with Crippen LogP contribution in [0.15, 0.2) is 65.9 Å². The van der Waals surface area contributed by atoms with Gasteiger partial charge in [0.25, 0.3) is 0 Å². The number of aryl methyl sites for hydroxylation is 1. The lowest BCUT2D eigenvalue weighted by Crippen LogP contribution is -2.45. The third kappa shape index (κ3) is 5.32. The highest BCUT2D eigenvalue weighted by atomic mass is 32.1. The zero-order chi connectivity index (χ0) is 24.9. The first kappa shape index (κ1) is 24.1. The number of hydrogen-bond acceptors (Lipinski definition) is 7. The van der Waals surface area contributed by atoms with Gasteiger partial charge in [-0.1, -0.05) is 6.07 Å². The predicted molar refractivity (Wildman–Crippen MR) is 144 cm³/mol.